The molecule has 0 saturated heterocycles. The van der Waals surface area contributed by atoms with Crippen molar-refractivity contribution in [3.8, 4) is 0 Å². The van der Waals surface area contributed by atoms with E-state index in [-0.39, 0.29) is 11.9 Å². The fourth-order valence-corrected chi connectivity index (χ4v) is 2.68. The second kappa shape index (κ2) is 5.56. The number of nitrogens with zero attached hydrogens (tertiary/aromatic N) is 1. The number of likely N-dealkylation sites (N-methyl/N-ethyl adjacent to an activating group) is 1. The fraction of sp³-hybridized carbons (Fsp3) is 0.467. The third-order valence-corrected chi connectivity index (χ3v) is 4.80. The molecule has 1 fully saturated rings. The Morgan fingerprint density at radius 1 is 1.40 bits per heavy atom. The molecule has 1 amide bonds. The largest absolute Gasteiger partial charge is 0.464 e. The van der Waals surface area contributed by atoms with Gasteiger partial charge in [-0.1, -0.05) is 12.1 Å². The van der Waals surface area contributed by atoms with Crippen molar-refractivity contribution >= 4 is 27.8 Å². The lowest BCUT2D eigenvalue weighted by Gasteiger charge is -2.26. The average molecular weight is 340 g/mol. The molecule has 1 aliphatic carbocycles. The highest BCUT2D eigenvalue weighted by atomic mass is 79.9. The van der Waals surface area contributed by atoms with Crippen molar-refractivity contribution in [2.75, 3.05) is 13.7 Å². The fourth-order valence-electron chi connectivity index (χ4n) is 2.25. The first-order chi connectivity index (χ1) is 9.44. The van der Waals surface area contributed by atoms with Gasteiger partial charge < -0.3 is 9.64 Å². The smallest absolute Gasteiger partial charge is 0.332 e. The van der Waals surface area contributed by atoms with Crippen LogP contribution in [-0.2, 0) is 9.53 Å². The van der Waals surface area contributed by atoms with Crippen LogP contribution in [0.4, 0.5) is 0 Å². The van der Waals surface area contributed by atoms with Gasteiger partial charge in [-0.05, 0) is 54.2 Å². The predicted molar refractivity (Wildman–Crippen MR) is 79.6 cm³/mol. The molecule has 1 aromatic rings. The van der Waals surface area contributed by atoms with E-state index in [1.807, 2.05) is 19.1 Å². The van der Waals surface area contributed by atoms with Crippen LogP contribution in [0.2, 0.25) is 0 Å². The van der Waals surface area contributed by atoms with Crippen LogP contribution in [0.15, 0.2) is 22.7 Å². The van der Waals surface area contributed by atoms with Crippen molar-refractivity contribution in [1.29, 1.82) is 0 Å². The molecule has 108 valence electrons. The number of amides is 1. The monoisotopic (exact) mass is 339 g/mol. The summed E-state index contributed by atoms with van der Waals surface area (Å²) >= 11 is 3.44. The third-order valence-electron chi connectivity index (χ3n) is 3.75. The first-order valence-corrected chi connectivity index (χ1v) is 7.44. The van der Waals surface area contributed by atoms with Gasteiger partial charge in [0.25, 0.3) is 5.91 Å². The zero-order valence-electron chi connectivity index (χ0n) is 11.9. The Morgan fingerprint density at radius 3 is 2.60 bits per heavy atom. The molecule has 1 aromatic carbocycles. The average Bonchev–Trinajstić information content (AvgIpc) is 3.22. The lowest BCUT2D eigenvalue weighted by atomic mass is 10.1. The predicted octanol–water partition coefficient (Wildman–Crippen LogP) is 2.93. The molecule has 0 radical (unpaired) electrons. The Balaban J connectivity index is 2.25. The zero-order chi connectivity index (χ0) is 14.9. The minimum atomic E-state index is -0.768. The van der Waals surface area contributed by atoms with Crippen LogP contribution in [0, 0.1) is 6.92 Å². The summed E-state index contributed by atoms with van der Waals surface area (Å²) in [5.41, 5.74) is 0.796. The Kier molecular flexibility index (Phi) is 4.18. The van der Waals surface area contributed by atoms with Gasteiger partial charge in [0.15, 0.2) is 0 Å². The van der Waals surface area contributed by atoms with Gasteiger partial charge in [-0.3, -0.25) is 4.79 Å². The van der Waals surface area contributed by atoms with Crippen LogP contribution in [-0.4, -0.2) is 36.0 Å². The summed E-state index contributed by atoms with van der Waals surface area (Å²) in [7, 11) is 1.67. The van der Waals surface area contributed by atoms with Crippen LogP contribution in [0.5, 0.6) is 0 Å². The second-order valence-corrected chi connectivity index (χ2v) is 5.85. The number of carbonyl (C=O) groups excluding carboxylic acids is 2. The van der Waals surface area contributed by atoms with Crippen molar-refractivity contribution in [2.24, 2.45) is 0 Å². The van der Waals surface area contributed by atoms with Crippen LogP contribution in [0.25, 0.3) is 0 Å². The van der Waals surface area contributed by atoms with E-state index in [9.17, 15) is 9.59 Å². The number of hydrogen-bond donors (Lipinski definition) is 0. The highest BCUT2D eigenvalue weighted by molar-refractivity contribution is 9.10. The van der Waals surface area contributed by atoms with Crippen molar-refractivity contribution in [2.45, 2.75) is 32.2 Å². The molecule has 0 aliphatic heterocycles. The molecule has 20 heavy (non-hydrogen) atoms. The molecular formula is C15H18BrNO3. The highest BCUT2D eigenvalue weighted by Crippen LogP contribution is 2.43. The van der Waals surface area contributed by atoms with E-state index in [2.05, 4.69) is 15.9 Å². The topological polar surface area (TPSA) is 46.6 Å². The minimum Gasteiger partial charge on any atom is -0.464 e. The van der Waals surface area contributed by atoms with Gasteiger partial charge >= 0.3 is 5.97 Å². The normalized spacial score (nSPS) is 15.6. The quantitative estimate of drug-likeness (QED) is 0.792. The van der Waals surface area contributed by atoms with Crippen LogP contribution < -0.4 is 0 Å². The van der Waals surface area contributed by atoms with E-state index in [0.29, 0.717) is 25.0 Å². The van der Waals surface area contributed by atoms with Crippen LogP contribution >= 0.6 is 15.9 Å². The van der Waals surface area contributed by atoms with E-state index < -0.39 is 5.54 Å². The Hall–Kier alpha value is -1.36. The summed E-state index contributed by atoms with van der Waals surface area (Å²) in [6.45, 7) is 4.03. The number of rotatable bonds is 4. The van der Waals surface area contributed by atoms with Crippen molar-refractivity contribution in [3.63, 3.8) is 0 Å². The molecule has 0 unspecified atom stereocenters. The molecule has 1 aliphatic rings. The van der Waals surface area contributed by atoms with Crippen molar-refractivity contribution < 1.29 is 14.3 Å². The van der Waals surface area contributed by atoms with Crippen LogP contribution in [0.3, 0.4) is 0 Å². The van der Waals surface area contributed by atoms with E-state index in [4.69, 9.17) is 4.74 Å². The van der Waals surface area contributed by atoms with Gasteiger partial charge in [0.1, 0.15) is 5.54 Å². The summed E-state index contributed by atoms with van der Waals surface area (Å²) in [6.07, 6.45) is 1.33. The molecule has 0 atom stereocenters. The van der Waals surface area contributed by atoms with Crippen molar-refractivity contribution in [1.82, 2.24) is 4.90 Å². The maximum absolute atomic E-state index is 12.6. The van der Waals surface area contributed by atoms with Gasteiger partial charge in [-0.15, -0.1) is 0 Å². The molecule has 0 bridgehead atoms. The molecule has 5 heteroatoms. The number of benzene rings is 1. The first kappa shape index (κ1) is 15.0. The third kappa shape index (κ3) is 2.46. The van der Waals surface area contributed by atoms with Crippen molar-refractivity contribution in [3.05, 3.63) is 33.8 Å². The molecule has 0 aromatic heterocycles. The van der Waals surface area contributed by atoms with Crippen LogP contribution in [0.1, 0.15) is 35.7 Å². The molecule has 1 saturated carbocycles. The van der Waals surface area contributed by atoms with E-state index in [0.717, 1.165) is 10.0 Å². The molecule has 2 rings (SSSR count). The number of carbonyl (C=O) groups is 2. The summed E-state index contributed by atoms with van der Waals surface area (Å²) in [4.78, 5) is 26.1. The summed E-state index contributed by atoms with van der Waals surface area (Å²) in [6, 6.07) is 5.53. The Labute approximate surface area is 127 Å². The van der Waals surface area contributed by atoms with E-state index >= 15 is 0 Å². The number of hydrogen-bond acceptors (Lipinski definition) is 3. The number of ether oxygens (including phenoxy) is 1. The second-order valence-electron chi connectivity index (χ2n) is 5.05. The van der Waals surface area contributed by atoms with E-state index in [1.165, 1.54) is 4.90 Å². The molecule has 0 N–H and O–H groups in total. The van der Waals surface area contributed by atoms with Gasteiger partial charge in [0, 0.05) is 11.5 Å². The van der Waals surface area contributed by atoms with Gasteiger partial charge in [-0.25, -0.2) is 4.79 Å². The maximum Gasteiger partial charge on any atom is 0.332 e. The Morgan fingerprint density at radius 2 is 2.05 bits per heavy atom. The molecule has 4 nitrogen and oxygen atoms in total. The SMILES string of the molecule is CCOC(=O)C1(N(C)C(=O)c2cccc(C)c2Br)CC1. The lowest BCUT2D eigenvalue weighted by Crippen LogP contribution is -2.45. The molecule has 0 spiro atoms. The van der Waals surface area contributed by atoms with E-state index in [1.54, 1.807) is 20.0 Å². The summed E-state index contributed by atoms with van der Waals surface area (Å²) in [5.74, 6) is -0.467. The first-order valence-electron chi connectivity index (χ1n) is 6.64. The standard InChI is InChI=1S/C15H18BrNO3/c1-4-20-14(19)15(8-9-15)17(3)13(18)11-7-5-6-10(2)12(11)16/h5-7H,4,8-9H2,1-3H3. The van der Waals surface area contributed by atoms with Gasteiger partial charge in [0.05, 0.1) is 12.2 Å². The van der Waals surface area contributed by atoms with Gasteiger partial charge in [0.2, 0.25) is 0 Å². The number of halogens is 1. The summed E-state index contributed by atoms with van der Waals surface area (Å²) in [5, 5.41) is 0. The number of esters is 1. The molecule has 0 heterocycles. The Bertz CT molecular complexity index is 552. The number of aryl methyl sites for hydroxylation is 1. The summed E-state index contributed by atoms with van der Waals surface area (Å²) < 4.78 is 5.86. The molecular weight excluding hydrogens is 322 g/mol. The van der Waals surface area contributed by atoms with Gasteiger partial charge in [-0.2, -0.15) is 0 Å². The highest BCUT2D eigenvalue weighted by Gasteiger charge is 2.56. The minimum absolute atomic E-state index is 0.161. The zero-order valence-corrected chi connectivity index (χ0v) is 13.5. The maximum atomic E-state index is 12.6. The lowest BCUT2D eigenvalue weighted by molar-refractivity contribution is -0.149.